The molecule has 0 fully saturated rings. The topological polar surface area (TPSA) is 162 Å². The van der Waals surface area contributed by atoms with Crippen molar-refractivity contribution in [1.82, 2.24) is 0 Å². The smallest absolute Gasteiger partial charge is 0.345 e. The first-order chi connectivity index (χ1) is 14.6. The number of carbonyl (C=O) groups is 3. The van der Waals surface area contributed by atoms with Crippen LogP contribution in [0.15, 0.2) is 42.5 Å². The van der Waals surface area contributed by atoms with E-state index >= 15 is 0 Å². The van der Waals surface area contributed by atoms with E-state index in [9.17, 15) is 29.7 Å². The molecule has 0 saturated carbocycles. The van der Waals surface area contributed by atoms with Crippen molar-refractivity contribution in [2.75, 3.05) is 0 Å². The van der Waals surface area contributed by atoms with Gasteiger partial charge in [0.1, 0.15) is 5.75 Å². The number of benzene rings is 3. The Balaban J connectivity index is 2.15. The molecule has 0 bridgehead atoms. The van der Waals surface area contributed by atoms with Gasteiger partial charge in [-0.1, -0.05) is 6.07 Å². The van der Waals surface area contributed by atoms with E-state index in [1.54, 1.807) is 13.0 Å². The molecule has 9 nitrogen and oxygen atoms in total. The van der Waals surface area contributed by atoms with E-state index in [1.165, 1.54) is 36.4 Å². The van der Waals surface area contributed by atoms with Crippen LogP contribution in [0.2, 0.25) is 0 Å². The second-order valence-electron chi connectivity index (χ2n) is 6.92. The molecule has 9 heteroatoms. The minimum atomic E-state index is -1.88. The molecule has 31 heavy (non-hydrogen) atoms. The van der Waals surface area contributed by atoms with Gasteiger partial charge in [-0.2, -0.15) is 0 Å². The highest BCUT2D eigenvalue weighted by molar-refractivity contribution is 6.04. The lowest BCUT2D eigenvalue weighted by Crippen LogP contribution is -2.29. The zero-order valence-electron chi connectivity index (χ0n) is 16.2. The van der Waals surface area contributed by atoms with Crippen LogP contribution in [-0.4, -0.2) is 49.5 Å². The van der Waals surface area contributed by atoms with E-state index in [0.29, 0.717) is 27.5 Å². The highest BCUT2D eigenvalue weighted by Gasteiger charge is 2.26. The van der Waals surface area contributed by atoms with Gasteiger partial charge in [0.25, 0.3) is 0 Å². The number of carboxylic acids is 2. The fourth-order valence-electron chi connectivity index (χ4n) is 3.09. The first kappa shape index (κ1) is 21.4. The largest absolute Gasteiger partial charge is 0.508 e. The summed E-state index contributed by atoms with van der Waals surface area (Å²) in [5.41, 5.74) is 1.34. The van der Waals surface area contributed by atoms with Gasteiger partial charge in [-0.15, -0.1) is 0 Å². The summed E-state index contributed by atoms with van der Waals surface area (Å²) in [6.45, 7) is 1.68. The predicted octanol–water partition coefficient (Wildman–Crippen LogP) is 3.02. The average molecular weight is 426 g/mol. The molecule has 0 aliphatic heterocycles. The molecule has 0 spiro atoms. The lowest BCUT2D eigenvalue weighted by atomic mass is 9.94. The molecule has 5 N–H and O–H groups in total. The maximum Gasteiger partial charge on any atom is 0.345 e. The van der Waals surface area contributed by atoms with Crippen LogP contribution >= 0.6 is 0 Å². The molecule has 0 aliphatic carbocycles. The summed E-state index contributed by atoms with van der Waals surface area (Å²) in [4.78, 5) is 34.7. The Bertz CT molecular complexity index is 1210. The molecular weight excluding hydrogens is 408 g/mol. The minimum Gasteiger partial charge on any atom is -0.508 e. The molecule has 160 valence electrons. The summed E-state index contributed by atoms with van der Waals surface area (Å²) in [6, 6.07) is 9.91. The number of ether oxygens (including phenoxy) is 1. The molecule has 3 rings (SSSR count). The van der Waals surface area contributed by atoms with Gasteiger partial charge in [0.2, 0.25) is 6.10 Å². The Morgan fingerprint density at radius 1 is 0.903 bits per heavy atom. The highest BCUT2D eigenvalue weighted by Crippen LogP contribution is 2.37. The number of aromatic hydroxyl groups is 3. The maximum atomic E-state index is 12.6. The number of esters is 1. The quantitative estimate of drug-likeness (QED) is 0.295. The maximum absolute atomic E-state index is 12.6. The van der Waals surface area contributed by atoms with E-state index in [0.717, 1.165) is 0 Å². The standard InChI is InChI=1S/C22H18O9/c1-10-4-14-12(8-17(10)24)5-13(22(30)31-19(21(28)29)9-20(26)27)6-15(14)11-2-3-16(23)18(25)7-11/h2-8,19,23-25H,9H2,1H3,(H,26,27)(H,28,29)/t19-/m1/s1. The van der Waals surface area contributed by atoms with E-state index in [1.807, 2.05) is 0 Å². The number of carbonyl (C=O) groups excluding carboxylic acids is 1. The fourth-order valence-corrected chi connectivity index (χ4v) is 3.09. The van der Waals surface area contributed by atoms with Crippen molar-refractivity contribution in [1.29, 1.82) is 0 Å². The third-order valence-electron chi connectivity index (χ3n) is 4.68. The molecule has 0 saturated heterocycles. The van der Waals surface area contributed by atoms with Crippen molar-refractivity contribution in [3.63, 3.8) is 0 Å². The molecule has 0 unspecified atom stereocenters. The molecule has 3 aromatic carbocycles. The first-order valence-corrected chi connectivity index (χ1v) is 9.02. The van der Waals surface area contributed by atoms with Crippen LogP contribution in [0.4, 0.5) is 0 Å². The van der Waals surface area contributed by atoms with Gasteiger partial charge in [-0.25, -0.2) is 9.59 Å². The minimum absolute atomic E-state index is 0.0354. The van der Waals surface area contributed by atoms with Crippen molar-refractivity contribution in [2.24, 2.45) is 0 Å². The fraction of sp³-hybridized carbons (Fsp3) is 0.136. The number of aryl methyl sites for hydroxylation is 1. The van der Waals surface area contributed by atoms with Gasteiger partial charge in [0.05, 0.1) is 12.0 Å². The number of hydrogen-bond acceptors (Lipinski definition) is 7. The second-order valence-corrected chi connectivity index (χ2v) is 6.92. The normalized spacial score (nSPS) is 11.8. The summed E-state index contributed by atoms with van der Waals surface area (Å²) in [6.07, 6.45) is -2.79. The van der Waals surface area contributed by atoms with Gasteiger partial charge in [-0.3, -0.25) is 4.79 Å². The zero-order valence-corrected chi connectivity index (χ0v) is 16.2. The third kappa shape index (κ3) is 4.50. The van der Waals surface area contributed by atoms with Crippen LogP contribution in [0.5, 0.6) is 17.2 Å². The number of fused-ring (bicyclic) bond motifs is 1. The molecule has 0 aromatic heterocycles. The molecule has 0 amide bonds. The van der Waals surface area contributed by atoms with Crippen molar-refractivity contribution < 1.29 is 44.7 Å². The lowest BCUT2D eigenvalue weighted by Gasteiger charge is -2.15. The van der Waals surface area contributed by atoms with Gasteiger partial charge >= 0.3 is 17.9 Å². The molecular formula is C22H18O9. The van der Waals surface area contributed by atoms with E-state index < -0.39 is 30.4 Å². The summed E-state index contributed by atoms with van der Waals surface area (Å²) in [5.74, 6) is -4.88. The van der Waals surface area contributed by atoms with E-state index in [4.69, 9.17) is 14.9 Å². The molecule has 0 radical (unpaired) electrons. The Morgan fingerprint density at radius 3 is 2.23 bits per heavy atom. The van der Waals surface area contributed by atoms with Crippen LogP contribution in [0.3, 0.4) is 0 Å². The number of hydrogen-bond donors (Lipinski definition) is 5. The summed E-state index contributed by atoms with van der Waals surface area (Å²) in [5, 5.41) is 48.5. The number of phenolic OH excluding ortho intramolecular Hbond substituents is 3. The van der Waals surface area contributed by atoms with E-state index in [-0.39, 0.29) is 22.8 Å². The predicted molar refractivity (Wildman–Crippen MR) is 108 cm³/mol. The number of rotatable bonds is 6. The zero-order chi connectivity index (χ0) is 22.9. The van der Waals surface area contributed by atoms with Gasteiger partial charge in [0, 0.05) is 0 Å². The third-order valence-corrected chi connectivity index (χ3v) is 4.68. The Kier molecular flexibility index (Phi) is 5.69. The van der Waals surface area contributed by atoms with Crippen LogP contribution in [0, 0.1) is 6.92 Å². The van der Waals surface area contributed by atoms with E-state index in [2.05, 4.69) is 0 Å². The summed E-state index contributed by atoms with van der Waals surface area (Å²) >= 11 is 0. The highest BCUT2D eigenvalue weighted by atomic mass is 16.6. The molecule has 0 aliphatic rings. The SMILES string of the molecule is Cc1cc2c(-c3ccc(O)c(O)c3)cc(C(=O)O[C@H](CC(=O)O)C(=O)O)cc2cc1O. The van der Waals surface area contributed by atoms with Gasteiger partial charge < -0.3 is 30.3 Å². The Hall–Kier alpha value is -4.27. The van der Waals surface area contributed by atoms with Crippen LogP contribution < -0.4 is 0 Å². The molecule has 3 aromatic rings. The van der Waals surface area contributed by atoms with Gasteiger partial charge in [-0.05, 0) is 70.8 Å². The van der Waals surface area contributed by atoms with Crippen LogP contribution in [0.25, 0.3) is 21.9 Å². The van der Waals surface area contributed by atoms with Crippen molar-refractivity contribution in [3.8, 4) is 28.4 Å². The average Bonchev–Trinajstić information content (AvgIpc) is 2.69. The lowest BCUT2D eigenvalue weighted by molar-refractivity contribution is -0.153. The summed E-state index contributed by atoms with van der Waals surface area (Å²) in [7, 11) is 0. The number of carboxylic acid groups (broad SMARTS) is 2. The molecule has 1 atom stereocenters. The van der Waals surface area contributed by atoms with Crippen LogP contribution in [-0.2, 0) is 14.3 Å². The number of aliphatic carboxylic acids is 2. The van der Waals surface area contributed by atoms with Crippen molar-refractivity contribution in [2.45, 2.75) is 19.4 Å². The first-order valence-electron chi connectivity index (χ1n) is 9.02. The van der Waals surface area contributed by atoms with Crippen LogP contribution in [0.1, 0.15) is 22.3 Å². The summed E-state index contributed by atoms with van der Waals surface area (Å²) < 4.78 is 4.87. The number of phenols is 3. The monoisotopic (exact) mass is 426 g/mol. The second kappa shape index (κ2) is 8.23. The van der Waals surface area contributed by atoms with Gasteiger partial charge in [0.15, 0.2) is 11.5 Å². The van der Waals surface area contributed by atoms with Crippen molar-refractivity contribution in [3.05, 3.63) is 53.6 Å². The van der Waals surface area contributed by atoms with Crippen molar-refractivity contribution >= 4 is 28.7 Å². The molecule has 0 heterocycles. The Labute approximate surface area is 175 Å². The Morgan fingerprint density at radius 2 is 1.61 bits per heavy atom.